The van der Waals surface area contributed by atoms with Crippen molar-refractivity contribution in [1.29, 1.82) is 0 Å². The van der Waals surface area contributed by atoms with E-state index in [1.54, 1.807) is 6.33 Å². The van der Waals surface area contributed by atoms with Crippen molar-refractivity contribution in [1.82, 2.24) is 19.4 Å². The highest BCUT2D eigenvalue weighted by Gasteiger charge is 2.35. The zero-order chi connectivity index (χ0) is 16.7. The Hall–Kier alpha value is -2.60. The molecule has 1 aliphatic rings. The third-order valence-electron chi connectivity index (χ3n) is 4.82. The molecule has 0 amide bonds. The number of H-pyrrole nitrogens is 1. The van der Waals surface area contributed by atoms with Gasteiger partial charge in [-0.25, -0.2) is 4.98 Å². The summed E-state index contributed by atoms with van der Waals surface area (Å²) in [5.41, 5.74) is 3.90. The number of imidazole rings is 1. The van der Waals surface area contributed by atoms with Crippen LogP contribution in [0.25, 0.3) is 10.9 Å². The van der Waals surface area contributed by atoms with Crippen LogP contribution in [-0.4, -0.2) is 37.1 Å². The topological polar surface area (TPSA) is 74.2 Å². The van der Waals surface area contributed by atoms with Crippen LogP contribution in [0, 0.1) is 0 Å². The second-order valence-corrected chi connectivity index (χ2v) is 6.22. The number of hydrogen-bond acceptors (Lipinski definition) is 3. The Balaban J connectivity index is 1.66. The van der Waals surface area contributed by atoms with Crippen molar-refractivity contribution in [2.24, 2.45) is 0 Å². The largest absolute Gasteiger partial charge is 0.480 e. The van der Waals surface area contributed by atoms with Gasteiger partial charge in [0.2, 0.25) is 0 Å². The number of aryl methyl sites for hydroxylation is 1. The summed E-state index contributed by atoms with van der Waals surface area (Å²) in [6.07, 6.45) is 4.47. The molecule has 4 rings (SSSR count). The average Bonchev–Trinajstić information content (AvgIpc) is 3.20. The number of carboxylic acids is 1. The molecule has 0 bridgehead atoms. The van der Waals surface area contributed by atoms with Gasteiger partial charge in [0.1, 0.15) is 0 Å². The van der Waals surface area contributed by atoms with Crippen LogP contribution in [0.2, 0.25) is 0 Å². The number of aromatic amines is 1. The maximum atomic E-state index is 11.8. The van der Waals surface area contributed by atoms with Crippen LogP contribution in [-0.2, 0) is 24.3 Å². The highest BCUT2D eigenvalue weighted by Crippen LogP contribution is 2.29. The molecule has 0 aliphatic carbocycles. The zero-order valence-electron chi connectivity index (χ0n) is 13.6. The van der Waals surface area contributed by atoms with Crippen LogP contribution in [0.1, 0.15) is 29.9 Å². The van der Waals surface area contributed by atoms with Gasteiger partial charge in [0.05, 0.1) is 12.0 Å². The molecule has 1 aromatic carbocycles. The third kappa shape index (κ3) is 2.39. The Morgan fingerprint density at radius 3 is 3.08 bits per heavy atom. The Bertz CT molecular complexity index is 895. The van der Waals surface area contributed by atoms with Gasteiger partial charge < -0.3 is 14.7 Å². The molecule has 0 spiro atoms. The lowest BCUT2D eigenvalue weighted by Gasteiger charge is -2.32. The van der Waals surface area contributed by atoms with E-state index < -0.39 is 12.0 Å². The SMILES string of the molecule is CCn1ccc2ccc(CN3CCc4[nH]cnc4[C@H]3C(=O)O)cc21. The molecule has 24 heavy (non-hydrogen) atoms. The number of aromatic nitrogens is 3. The Kier molecular flexibility index (Phi) is 3.61. The van der Waals surface area contributed by atoms with Crippen molar-refractivity contribution in [3.05, 3.63) is 53.7 Å². The number of carboxylic acid groups (broad SMARTS) is 1. The summed E-state index contributed by atoms with van der Waals surface area (Å²) in [4.78, 5) is 21.1. The van der Waals surface area contributed by atoms with E-state index in [9.17, 15) is 9.90 Å². The van der Waals surface area contributed by atoms with E-state index in [-0.39, 0.29) is 0 Å². The van der Waals surface area contributed by atoms with E-state index in [2.05, 4.69) is 51.9 Å². The fourth-order valence-electron chi connectivity index (χ4n) is 3.61. The van der Waals surface area contributed by atoms with Crippen LogP contribution in [0.15, 0.2) is 36.8 Å². The smallest absolute Gasteiger partial charge is 0.327 e. The summed E-state index contributed by atoms with van der Waals surface area (Å²) in [5, 5.41) is 10.9. The molecular formula is C18H20N4O2. The predicted octanol–water partition coefficient (Wildman–Crippen LogP) is 2.57. The quantitative estimate of drug-likeness (QED) is 0.773. The number of rotatable bonds is 4. The Labute approximate surface area is 139 Å². The highest BCUT2D eigenvalue weighted by atomic mass is 16.4. The second kappa shape index (κ2) is 5.79. The fourth-order valence-corrected chi connectivity index (χ4v) is 3.61. The van der Waals surface area contributed by atoms with Gasteiger partial charge in [-0.2, -0.15) is 0 Å². The van der Waals surface area contributed by atoms with Gasteiger partial charge in [0.15, 0.2) is 6.04 Å². The first-order chi connectivity index (χ1) is 11.7. The first-order valence-electron chi connectivity index (χ1n) is 8.24. The normalized spacial score (nSPS) is 18.0. The molecule has 0 fully saturated rings. The average molecular weight is 324 g/mol. The molecule has 0 saturated heterocycles. The molecule has 1 aliphatic heterocycles. The number of fused-ring (bicyclic) bond motifs is 2. The number of nitrogens with one attached hydrogen (secondary N) is 1. The lowest BCUT2D eigenvalue weighted by Crippen LogP contribution is -2.39. The van der Waals surface area contributed by atoms with Crippen molar-refractivity contribution in [2.45, 2.75) is 32.5 Å². The summed E-state index contributed by atoms with van der Waals surface area (Å²) in [5.74, 6) is -0.846. The van der Waals surface area contributed by atoms with Crippen LogP contribution < -0.4 is 0 Å². The fraction of sp³-hybridized carbons (Fsp3) is 0.333. The third-order valence-corrected chi connectivity index (χ3v) is 4.82. The van der Waals surface area contributed by atoms with Crippen LogP contribution in [0.5, 0.6) is 0 Å². The van der Waals surface area contributed by atoms with E-state index in [0.717, 1.165) is 24.2 Å². The summed E-state index contributed by atoms with van der Waals surface area (Å²) in [7, 11) is 0. The van der Waals surface area contributed by atoms with Crippen LogP contribution >= 0.6 is 0 Å². The molecule has 124 valence electrons. The standard InChI is InChI=1S/C18H20N4O2/c1-2-21-7-5-13-4-3-12(9-15(13)21)10-22-8-6-14-16(20-11-19-14)17(22)18(23)24/h3-5,7,9,11,17H,2,6,8,10H2,1H3,(H,19,20)(H,23,24)/t17-/m0/s1. The molecule has 2 aromatic heterocycles. The number of nitrogens with zero attached hydrogens (tertiary/aromatic N) is 3. The van der Waals surface area contributed by atoms with Crippen LogP contribution in [0.4, 0.5) is 0 Å². The van der Waals surface area contributed by atoms with Crippen LogP contribution in [0.3, 0.4) is 0 Å². The molecule has 3 aromatic rings. The number of aliphatic carboxylic acids is 1. The van der Waals surface area contributed by atoms with Gasteiger partial charge in [-0.15, -0.1) is 0 Å². The molecule has 1 atom stereocenters. The molecule has 6 heteroatoms. The zero-order valence-corrected chi connectivity index (χ0v) is 13.6. The first-order valence-corrected chi connectivity index (χ1v) is 8.24. The first kappa shape index (κ1) is 15.0. The summed E-state index contributed by atoms with van der Waals surface area (Å²) in [6, 6.07) is 7.78. The molecular weight excluding hydrogens is 304 g/mol. The van der Waals surface area contributed by atoms with E-state index in [1.807, 2.05) is 4.90 Å². The molecule has 0 saturated carbocycles. The Morgan fingerprint density at radius 1 is 1.42 bits per heavy atom. The second-order valence-electron chi connectivity index (χ2n) is 6.22. The van der Waals surface area contributed by atoms with Crippen molar-refractivity contribution in [2.75, 3.05) is 6.54 Å². The maximum Gasteiger partial charge on any atom is 0.327 e. The van der Waals surface area contributed by atoms with E-state index in [4.69, 9.17) is 0 Å². The minimum Gasteiger partial charge on any atom is -0.480 e. The van der Waals surface area contributed by atoms with Gasteiger partial charge in [-0.1, -0.05) is 12.1 Å². The van der Waals surface area contributed by atoms with Gasteiger partial charge in [-0.3, -0.25) is 9.69 Å². The van der Waals surface area contributed by atoms with Gasteiger partial charge >= 0.3 is 5.97 Å². The Morgan fingerprint density at radius 2 is 2.29 bits per heavy atom. The van der Waals surface area contributed by atoms with Crippen molar-refractivity contribution < 1.29 is 9.90 Å². The summed E-state index contributed by atoms with van der Waals surface area (Å²) in [6.45, 7) is 4.36. The van der Waals surface area contributed by atoms with Crippen molar-refractivity contribution in [3.8, 4) is 0 Å². The molecule has 3 heterocycles. The van der Waals surface area contributed by atoms with Crippen molar-refractivity contribution in [3.63, 3.8) is 0 Å². The van der Waals surface area contributed by atoms with E-state index in [0.29, 0.717) is 18.8 Å². The maximum absolute atomic E-state index is 11.8. The number of hydrogen-bond donors (Lipinski definition) is 2. The molecule has 0 unspecified atom stereocenters. The lowest BCUT2D eigenvalue weighted by molar-refractivity contribution is -0.144. The summed E-state index contributed by atoms with van der Waals surface area (Å²) < 4.78 is 2.20. The van der Waals surface area contributed by atoms with E-state index in [1.165, 1.54) is 10.9 Å². The van der Waals surface area contributed by atoms with E-state index >= 15 is 0 Å². The molecule has 2 N–H and O–H groups in total. The molecule has 0 radical (unpaired) electrons. The minimum absolute atomic E-state index is 0.605. The lowest BCUT2D eigenvalue weighted by atomic mass is 10.0. The predicted molar refractivity (Wildman–Crippen MR) is 90.7 cm³/mol. The van der Waals surface area contributed by atoms with Crippen molar-refractivity contribution >= 4 is 16.9 Å². The highest BCUT2D eigenvalue weighted by molar-refractivity contribution is 5.81. The van der Waals surface area contributed by atoms with Gasteiger partial charge in [0, 0.05) is 43.5 Å². The number of benzene rings is 1. The summed E-state index contributed by atoms with van der Waals surface area (Å²) >= 11 is 0. The van der Waals surface area contributed by atoms with Gasteiger partial charge in [-0.05, 0) is 30.0 Å². The monoisotopic (exact) mass is 324 g/mol. The number of carbonyl (C=O) groups is 1. The minimum atomic E-state index is -0.846. The molecule has 6 nitrogen and oxygen atoms in total. The van der Waals surface area contributed by atoms with Gasteiger partial charge in [0.25, 0.3) is 0 Å².